The minimum atomic E-state index is -0.166. The summed E-state index contributed by atoms with van der Waals surface area (Å²) < 4.78 is 12.0. The zero-order chi connectivity index (χ0) is 11.5. The lowest BCUT2D eigenvalue weighted by Gasteiger charge is -2.28. The highest BCUT2D eigenvalue weighted by atomic mass is 79.9. The third-order valence-corrected chi connectivity index (χ3v) is 3.26. The van der Waals surface area contributed by atoms with Gasteiger partial charge in [-0.25, -0.2) is 0 Å². The third kappa shape index (κ3) is 2.89. The van der Waals surface area contributed by atoms with Crippen molar-refractivity contribution in [2.24, 2.45) is 0 Å². The van der Waals surface area contributed by atoms with Crippen LogP contribution in [-0.4, -0.2) is 17.5 Å². The van der Waals surface area contributed by atoms with Crippen molar-refractivity contribution in [2.75, 3.05) is 0 Å². The molecule has 2 rings (SSSR count). The van der Waals surface area contributed by atoms with Gasteiger partial charge in [-0.1, -0.05) is 0 Å². The van der Waals surface area contributed by atoms with Gasteiger partial charge in [0.1, 0.15) is 11.5 Å². The molecule has 0 amide bonds. The van der Waals surface area contributed by atoms with E-state index in [2.05, 4.69) is 22.9 Å². The monoisotopic (exact) mass is 286 g/mol. The quantitative estimate of drug-likeness (QED) is 0.905. The number of hydrogen-bond donors (Lipinski definition) is 1. The number of aromatic hydroxyl groups is 1. The molecule has 0 saturated carbocycles. The van der Waals surface area contributed by atoms with E-state index in [0.29, 0.717) is 10.2 Å². The topological polar surface area (TPSA) is 38.7 Å². The van der Waals surface area contributed by atoms with E-state index in [9.17, 15) is 5.11 Å². The normalized spacial score (nSPS) is 25.4. The summed E-state index contributed by atoms with van der Waals surface area (Å²) in [6, 6.07) is 5.09. The summed E-state index contributed by atoms with van der Waals surface area (Å²) in [7, 11) is 0. The van der Waals surface area contributed by atoms with Crippen LogP contribution in [0.5, 0.6) is 11.5 Å². The molecule has 0 radical (unpaired) electrons. The van der Waals surface area contributed by atoms with Gasteiger partial charge in [-0.2, -0.15) is 0 Å². The van der Waals surface area contributed by atoms with Crippen LogP contribution in [0.25, 0.3) is 0 Å². The van der Waals surface area contributed by atoms with Gasteiger partial charge < -0.3 is 14.6 Å². The van der Waals surface area contributed by atoms with Gasteiger partial charge in [0.2, 0.25) is 0 Å². The molecule has 1 unspecified atom stereocenters. The highest BCUT2D eigenvalue weighted by molar-refractivity contribution is 9.10. The zero-order valence-corrected chi connectivity index (χ0v) is 10.7. The van der Waals surface area contributed by atoms with E-state index < -0.39 is 0 Å². The number of halogens is 1. The zero-order valence-electron chi connectivity index (χ0n) is 9.15. The van der Waals surface area contributed by atoms with Crippen LogP contribution in [0.1, 0.15) is 26.2 Å². The maximum atomic E-state index is 9.36. The van der Waals surface area contributed by atoms with Gasteiger partial charge in [-0.3, -0.25) is 0 Å². The summed E-state index contributed by atoms with van der Waals surface area (Å²) in [4.78, 5) is 0. The molecular formula is C12H15BrO3. The Balaban J connectivity index is 2.00. The van der Waals surface area contributed by atoms with Gasteiger partial charge in [-0.15, -0.1) is 0 Å². The van der Waals surface area contributed by atoms with Crippen LogP contribution >= 0.6 is 15.9 Å². The Labute approximate surface area is 104 Å². The van der Waals surface area contributed by atoms with E-state index in [1.54, 1.807) is 18.2 Å². The van der Waals surface area contributed by atoms with Crippen molar-refractivity contribution in [1.29, 1.82) is 0 Å². The number of benzene rings is 1. The third-order valence-electron chi connectivity index (χ3n) is 2.62. The first-order chi connectivity index (χ1) is 7.65. The smallest absolute Gasteiger partial charge is 0.200 e. The standard InChI is InChI=1S/C12H15BrO3/c1-8-3-2-4-12(15-8)16-9-5-6-11(14)10(13)7-9/h5-8,12,14H,2-4H2,1H3/t8-,12?/m1/s1. The Morgan fingerprint density at radius 3 is 2.94 bits per heavy atom. The molecule has 1 heterocycles. The highest BCUT2D eigenvalue weighted by Gasteiger charge is 2.20. The molecule has 3 nitrogen and oxygen atoms in total. The average Bonchev–Trinajstić information content (AvgIpc) is 2.24. The van der Waals surface area contributed by atoms with Crippen molar-refractivity contribution in [2.45, 2.75) is 38.6 Å². The molecule has 0 aromatic heterocycles. The van der Waals surface area contributed by atoms with E-state index in [-0.39, 0.29) is 18.1 Å². The van der Waals surface area contributed by atoms with Crippen LogP contribution in [0.2, 0.25) is 0 Å². The summed E-state index contributed by atoms with van der Waals surface area (Å²) in [5.41, 5.74) is 0. The van der Waals surface area contributed by atoms with Crippen LogP contribution < -0.4 is 4.74 Å². The van der Waals surface area contributed by atoms with Gasteiger partial charge in [-0.05, 0) is 53.9 Å². The van der Waals surface area contributed by atoms with Gasteiger partial charge in [0, 0.05) is 6.42 Å². The van der Waals surface area contributed by atoms with Crippen molar-refractivity contribution >= 4 is 15.9 Å². The summed E-state index contributed by atoms with van der Waals surface area (Å²) in [6.45, 7) is 2.06. The number of ether oxygens (including phenoxy) is 2. The molecule has 0 bridgehead atoms. The molecule has 1 aromatic carbocycles. The maximum absolute atomic E-state index is 9.36. The van der Waals surface area contributed by atoms with Crippen molar-refractivity contribution < 1.29 is 14.6 Å². The minimum Gasteiger partial charge on any atom is -0.507 e. The van der Waals surface area contributed by atoms with Crippen LogP contribution in [0.15, 0.2) is 22.7 Å². The van der Waals surface area contributed by atoms with E-state index in [4.69, 9.17) is 9.47 Å². The van der Waals surface area contributed by atoms with Gasteiger partial charge in [0.05, 0.1) is 10.6 Å². The largest absolute Gasteiger partial charge is 0.507 e. The lowest BCUT2D eigenvalue weighted by molar-refractivity contribution is -0.141. The number of phenolic OH excluding ortho intramolecular Hbond substituents is 1. The second kappa shape index (κ2) is 5.06. The maximum Gasteiger partial charge on any atom is 0.200 e. The first-order valence-electron chi connectivity index (χ1n) is 5.46. The van der Waals surface area contributed by atoms with E-state index in [0.717, 1.165) is 19.3 Å². The lowest BCUT2D eigenvalue weighted by Crippen LogP contribution is -2.29. The SMILES string of the molecule is C[C@@H]1CCCC(Oc2ccc(O)c(Br)c2)O1. The Bertz CT molecular complexity index is 367. The molecule has 88 valence electrons. The fourth-order valence-corrected chi connectivity index (χ4v) is 2.12. The molecule has 1 N–H and O–H groups in total. The first kappa shape index (κ1) is 11.7. The Kier molecular flexibility index (Phi) is 3.71. The van der Waals surface area contributed by atoms with Crippen LogP contribution in [0.4, 0.5) is 0 Å². The Hall–Kier alpha value is -0.740. The molecule has 0 spiro atoms. The molecule has 1 saturated heterocycles. The van der Waals surface area contributed by atoms with Gasteiger partial charge in [0.15, 0.2) is 6.29 Å². The van der Waals surface area contributed by atoms with Gasteiger partial charge in [0.25, 0.3) is 0 Å². The highest BCUT2D eigenvalue weighted by Crippen LogP contribution is 2.29. The molecule has 0 aliphatic carbocycles. The molecule has 1 aromatic rings. The molecule has 1 fully saturated rings. The number of rotatable bonds is 2. The summed E-state index contributed by atoms with van der Waals surface area (Å²) in [5.74, 6) is 0.925. The predicted molar refractivity (Wildman–Crippen MR) is 64.6 cm³/mol. The molecule has 1 aliphatic heterocycles. The average molecular weight is 287 g/mol. The fourth-order valence-electron chi connectivity index (χ4n) is 1.77. The van der Waals surface area contributed by atoms with Crippen molar-refractivity contribution in [3.05, 3.63) is 22.7 Å². The lowest BCUT2D eigenvalue weighted by atomic mass is 10.1. The molecule has 2 atom stereocenters. The summed E-state index contributed by atoms with van der Waals surface area (Å²) in [6.07, 6.45) is 3.24. The molecule has 1 aliphatic rings. The second-order valence-corrected chi connectivity index (χ2v) is 4.89. The number of phenols is 1. The van der Waals surface area contributed by atoms with Crippen LogP contribution in [-0.2, 0) is 4.74 Å². The Morgan fingerprint density at radius 1 is 1.44 bits per heavy atom. The fraction of sp³-hybridized carbons (Fsp3) is 0.500. The predicted octanol–water partition coefficient (Wildman–Crippen LogP) is 3.45. The summed E-state index contributed by atoms with van der Waals surface area (Å²) in [5, 5.41) is 9.36. The van der Waals surface area contributed by atoms with Crippen molar-refractivity contribution in [1.82, 2.24) is 0 Å². The van der Waals surface area contributed by atoms with Crippen molar-refractivity contribution in [3.8, 4) is 11.5 Å². The molecular weight excluding hydrogens is 272 g/mol. The van der Waals surface area contributed by atoms with Crippen LogP contribution in [0.3, 0.4) is 0 Å². The Morgan fingerprint density at radius 2 is 2.25 bits per heavy atom. The second-order valence-electron chi connectivity index (χ2n) is 4.04. The van der Waals surface area contributed by atoms with Crippen molar-refractivity contribution in [3.63, 3.8) is 0 Å². The van der Waals surface area contributed by atoms with E-state index >= 15 is 0 Å². The van der Waals surface area contributed by atoms with E-state index in [1.807, 2.05) is 0 Å². The molecule has 16 heavy (non-hydrogen) atoms. The number of hydrogen-bond acceptors (Lipinski definition) is 3. The van der Waals surface area contributed by atoms with Crippen LogP contribution in [0, 0.1) is 0 Å². The molecule has 4 heteroatoms. The van der Waals surface area contributed by atoms with Gasteiger partial charge >= 0.3 is 0 Å². The minimum absolute atomic E-state index is 0.166. The van der Waals surface area contributed by atoms with E-state index in [1.165, 1.54) is 0 Å². The summed E-state index contributed by atoms with van der Waals surface area (Å²) >= 11 is 3.25. The first-order valence-corrected chi connectivity index (χ1v) is 6.25.